The normalized spacial score (nSPS) is 12.2. The predicted octanol–water partition coefficient (Wildman–Crippen LogP) is 5.28. The second-order valence-corrected chi connectivity index (χ2v) is 6.07. The fourth-order valence-corrected chi connectivity index (χ4v) is 2.40. The minimum atomic E-state index is -0.655. The van der Waals surface area contributed by atoms with Crippen LogP contribution in [0.3, 0.4) is 0 Å². The Labute approximate surface area is 147 Å². The van der Waals surface area contributed by atoms with Crippen LogP contribution in [-0.2, 0) is 4.79 Å². The third-order valence-corrected chi connectivity index (χ3v) is 3.79. The van der Waals surface area contributed by atoms with Crippen molar-refractivity contribution in [3.8, 4) is 0 Å². The van der Waals surface area contributed by atoms with Crippen molar-refractivity contribution < 1.29 is 9.90 Å². The molecule has 0 amide bonds. The number of unbranched alkanes of at least 4 members (excludes halogenated alkanes) is 11. The zero-order valence-corrected chi connectivity index (χ0v) is 15.3. The van der Waals surface area contributed by atoms with Crippen molar-refractivity contribution in [3.05, 3.63) is 12.2 Å². The molecule has 0 spiro atoms. The molecule has 24 heavy (non-hydrogen) atoms. The Balaban J connectivity index is 0.000000620. The molecule has 0 aliphatic carbocycles. The molecule has 5 heteroatoms. The summed E-state index contributed by atoms with van der Waals surface area (Å²) in [5, 5.41) is 15.7. The molecule has 1 heterocycles. The van der Waals surface area contributed by atoms with E-state index in [2.05, 4.69) is 22.7 Å². The molecule has 0 saturated heterocycles. The first-order chi connectivity index (χ1) is 11.8. The lowest BCUT2D eigenvalue weighted by atomic mass is 10.0. The van der Waals surface area contributed by atoms with Crippen LogP contribution in [0.1, 0.15) is 90.4 Å². The summed E-state index contributed by atoms with van der Waals surface area (Å²) in [6.45, 7) is 2.25. The quantitative estimate of drug-likeness (QED) is 0.449. The van der Waals surface area contributed by atoms with Crippen molar-refractivity contribution in [1.82, 2.24) is 5.53 Å². The number of carboxylic acids is 1. The smallest absolute Gasteiger partial charge is 0.303 e. The van der Waals surface area contributed by atoms with Gasteiger partial charge in [0.2, 0.25) is 0 Å². The van der Waals surface area contributed by atoms with Crippen molar-refractivity contribution in [2.45, 2.75) is 90.4 Å². The highest BCUT2D eigenvalue weighted by molar-refractivity contribution is 5.81. The van der Waals surface area contributed by atoms with Gasteiger partial charge in [0, 0.05) is 18.9 Å². The first-order valence-corrected chi connectivity index (χ1v) is 9.45. The highest BCUT2D eigenvalue weighted by Crippen LogP contribution is 2.12. The largest absolute Gasteiger partial charge is 0.481 e. The van der Waals surface area contributed by atoms with Crippen molar-refractivity contribution in [1.29, 1.82) is 0 Å². The van der Waals surface area contributed by atoms with Gasteiger partial charge in [-0.3, -0.25) is 4.79 Å². The van der Waals surface area contributed by atoms with Gasteiger partial charge in [-0.25, -0.2) is 0 Å². The maximum atomic E-state index is 10.3. The molecule has 0 aromatic heterocycles. The van der Waals surface area contributed by atoms with Gasteiger partial charge in [0.25, 0.3) is 0 Å². The van der Waals surface area contributed by atoms with E-state index < -0.39 is 5.97 Å². The molecule has 138 valence electrons. The first kappa shape index (κ1) is 22.4. The lowest BCUT2D eigenvalue weighted by Crippen LogP contribution is -1.93. The molecular formula is C19H35N3O2. The molecule has 0 unspecified atom stereocenters. The minimum Gasteiger partial charge on any atom is -0.481 e. The van der Waals surface area contributed by atoms with Gasteiger partial charge in [-0.2, -0.15) is 15.7 Å². The molecule has 0 atom stereocenters. The van der Waals surface area contributed by atoms with Crippen molar-refractivity contribution in [2.75, 3.05) is 0 Å². The molecule has 0 aromatic carbocycles. The average Bonchev–Trinajstić information content (AvgIpc) is 2.89. The van der Waals surface area contributed by atoms with Gasteiger partial charge in [-0.1, -0.05) is 77.6 Å². The zero-order chi connectivity index (χ0) is 17.7. The molecule has 2 N–H and O–H groups in total. The molecule has 1 aliphatic rings. The predicted molar refractivity (Wildman–Crippen MR) is 103 cm³/mol. The molecule has 1 rings (SSSR count). The van der Waals surface area contributed by atoms with Crippen LogP contribution in [0.25, 0.3) is 0 Å². The second kappa shape index (κ2) is 19.4. The number of nitrogens with zero attached hydrogens (tertiary/aromatic N) is 2. The maximum Gasteiger partial charge on any atom is 0.303 e. The van der Waals surface area contributed by atoms with E-state index in [0.29, 0.717) is 6.42 Å². The van der Waals surface area contributed by atoms with E-state index in [0.717, 1.165) is 12.8 Å². The fourth-order valence-electron chi connectivity index (χ4n) is 2.40. The molecular weight excluding hydrogens is 302 g/mol. The first-order valence-electron chi connectivity index (χ1n) is 9.45. The third kappa shape index (κ3) is 20.3. The number of carbonyl (C=O) groups is 1. The summed E-state index contributed by atoms with van der Waals surface area (Å²) in [5.74, 6) is -0.655. The highest BCUT2D eigenvalue weighted by atomic mass is 16.4. The number of carboxylic acid groups (broad SMARTS) is 1. The summed E-state index contributed by atoms with van der Waals surface area (Å²) in [6, 6.07) is 0. The monoisotopic (exact) mass is 337 g/mol. The van der Waals surface area contributed by atoms with Gasteiger partial charge >= 0.3 is 5.97 Å². The van der Waals surface area contributed by atoms with E-state index in [1.54, 1.807) is 24.6 Å². The van der Waals surface area contributed by atoms with E-state index >= 15 is 0 Å². The summed E-state index contributed by atoms with van der Waals surface area (Å²) in [4.78, 5) is 10.3. The van der Waals surface area contributed by atoms with Crippen molar-refractivity contribution in [2.24, 2.45) is 10.2 Å². The van der Waals surface area contributed by atoms with Crippen LogP contribution >= 0.6 is 0 Å². The molecule has 1 aliphatic heterocycles. The molecule has 0 aromatic rings. The van der Waals surface area contributed by atoms with E-state index in [-0.39, 0.29) is 0 Å². The number of hydrogen-bond acceptors (Lipinski definition) is 4. The van der Waals surface area contributed by atoms with Gasteiger partial charge in [-0.15, -0.1) is 0 Å². The van der Waals surface area contributed by atoms with Crippen molar-refractivity contribution >= 4 is 18.4 Å². The van der Waals surface area contributed by atoms with E-state index in [4.69, 9.17) is 5.11 Å². The second-order valence-electron chi connectivity index (χ2n) is 6.07. The van der Waals surface area contributed by atoms with E-state index in [1.807, 2.05) is 0 Å². The van der Waals surface area contributed by atoms with Crippen LogP contribution in [-0.4, -0.2) is 23.5 Å². The lowest BCUT2D eigenvalue weighted by Gasteiger charge is -2.02. The summed E-state index contributed by atoms with van der Waals surface area (Å²) < 4.78 is 0. The van der Waals surface area contributed by atoms with Crippen molar-refractivity contribution in [3.63, 3.8) is 0 Å². The average molecular weight is 338 g/mol. The molecule has 0 saturated carbocycles. The number of rotatable bonds is 13. The number of nitrogens with one attached hydrogen (secondary N) is 1. The Hall–Kier alpha value is -1.65. The van der Waals surface area contributed by atoms with Crippen LogP contribution in [0, 0.1) is 0 Å². The van der Waals surface area contributed by atoms with E-state index in [1.165, 1.54) is 64.2 Å². The highest BCUT2D eigenvalue weighted by Gasteiger charge is 1.96. The van der Waals surface area contributed by atoms with Crippen LogP contribution in [0.15, 0.2) is 22.4 Å². The Kier molecular flexibility index (Phi) is 18.1. The standard InChI is InChI=1S/C15H30O2.C4H5N3/c1-2-3-4-5-6-7-8-9-10-11-12-13-14-15(16)17;1-2-4-6-7-5-3-1/h2-14H2,1H3,(H,16,17);1-4,7H. The van der Waals surface area contributed by atoms with Gasteiger partial charge in [0.05, 0.1) is 0 Å². The summed E-state index contributed by atoms with van der Waals surface area (Å²) in [6.07, 6.45) is 22.7. The third-order valence-electron chi connectivity index (χ3n) is 3.79. The number of aliphatic carboxylic acids is 1. The minimum absolute atomic E-state index is 0.345. The van der Waals surface area contributed by atoms with Crippen LogP contribution in [0.2, 0.25) is 0 Å². The van der Waals surface area contributed by atoms with Gasteiger partial charge < -0.3 is 5.11 Å². The summed E-state index contributed by atoms with van der Waals surface area (Å²) in [7, 11) is 0. The van der Waals surface area contributed by atoms with Gasteiger partial charge in [0.1, 0.15) is 0 Å². The number of hydrazone groups is 2. The zero-order valence-electron chi connectivity index (χ0n) is 15.3. The number of allylic oxidation sites excluding steroid dienone is 2. The summed E-state index contributed by atoms with van der Waals surface area (Å²) in [5.41, 5.74) is 2.42. The van der Waals surface area contributed by atoms with Crippen LogP contribution < -0.4 is 5.53 Å². The SMILES string of the molecule is C1=CC=NNN=C1.CCCCCCCCCCCCCCC(=O)O. The topological polar surface area (TPSA) is 74.0 Å². The lowest BCUT2D eigenvalue weighted by molar-refractivity contribution is -0.137. The number of hydrogen-bond donors (Lipinski definition) is 2. The maximum absolute atomic E-state index is 10.3. The Morgan fingerprint density at radius 2 is 1.21 bits per heavy atom. The van der Waals surface area contributed by atoms with Gasteiger partial charge in [0.15, 0.2) is 0 Å². The molecule has 0 radical (unpaired) electrons. The summed E-state index contributed by atoms with van der Waals surface area (Å²) >= 11 is 0. The Morgan fingerprint density at radius 3 is 1.62 bits per heavy atom. The Bertz CT molecular complexity index is 352. The molecule has 5 nitrogen and oxygen atoms in total. The fraction of sp³-hybridized carbons (Fsp3) is 0.737. The van der Waals surface area contributed by atoms with Crippen LogP contribution in [0.4, 0.5) is 0 Å². The Morgan fingerprint density at radius 1 is 0.792 bits per heavy atom. The molecule has 0 bridgehead atoms. The van der Waals surface area contributed by atoms with Gasteiger partial charge in [-0.05, 0) is 18.6 Å². The van der Waals surface area contributed by atoms with E-state index in [9.17, 15) is 4.79 Å². The van der Waals surface area contributed by atoms with Crippen LogP contribution in [0.5, 0.6) is 0 Å². The molecule has 0 fully saturated rings.